The van der Waals surface area contributed by atoms with E-state index in [1.165, 1.54) is 6.07 Å². The molecule has 0 radical (unpaired) electrons. The van der Waals surface area contributed by atoms with Crippen LogP contribution in [0.15, 0.2) is 21.8 Å². The monoisotopic (exact) mass is 334 g/mol. The fraction of sp³-hybridized carbons (Fsp3) is 0.417. The van der Waals surface area contributed by atoms with Crippen molar-refractivity contribution in [2.75, 3.05) is 6.61 Å². The Balaban J connectivity index is 2.03. The van der Waals surface area contributed by atoms with E-state index in [0.29, 0.717) is 10.9 Å². The van der Waals surface area contributed by atoms with Gasteiger partial charge >= 0.3 is 0 Å². The van der Waals surface area contributed by atoms with Crippen molar-refractivity contribution in [1.82, 2.24) is 0 Å². The minimum absolute atomic E-state index is 0.113. The van der Waals surface area contributed by atoms with Crippen molar-refractivity contribution in [3.63, 3.8) is 0 Å². The van der Waals surface area contributed by atoms with E-state index >= 15 is 0 Å². The molecule has 7 heteroatoms. The third-order valence-electron chi connectivity index (χ3n) is 3.14. The molecule has 1 aromatic carbocycles. The second-order valence-corrected chi connectivity index (χ2v) is 5.67. The SMILES string of the molecule is N/C(CC1(COc2cc(Br)cc(F)c2F)CC1)=N/O. The summed E-state index contributed by atoms with van der Waals surface area (Å²) in [5.74, 6) is -2.01. The van der Waals surface area contributed by atoms with Crippen molar-refractivity contribution in [2.24, 2.45) is 16.3 Å². The number of benzene rings is 1. The van der Waals surface area contributed by atoms with Gasteiger partial charge in [0.2, 0.25) is 5.82 Å². The molecule has 0 atom stereocenters. The summed E-state index contributed by atoms with van der Waals surface area (Å²) >= 11 is 3.08. The van der Waals surface area contributed by atoms with Gasteiger partial charge in [0.15, 0.2) is 11.6 Å². The van der Waals surface area contributed by atoms with E-state index in [0.717, 1.165) is 18.9 Å². The van der Waals surface area contributed by atoms with Crippen LogP contribution < -0.4 is 10.5 Å². The van der Waals surface area contributed by atoms with Crippen molar-refractivity contribution < 1.29 is 18.7 Å². The Labute approximate surface area is 117 Å². The molecular formula is C12H13BrF2N2O2. The van der Waals surface area contributed by atoms with Crippen LogP contribution >= 0.6 is 15.9 Å². The number of ether oxygens (including phenoxy) is 1. The van der Waals surface area contributed by atoms with E-state index in [9.17, 15) is 8.78 Å². The zero-order valence-corrected chi connectivity index (χ0v) is 11.6. The van der Waals surface area contributed by atoms with E-state index in [-0.39, 0.29) is 23.6 Å². The molecule has 0 amide bonds. The van der Waals surface area contributed by atoms with E-state index in [1.54, 1.807) is 0 Å². The van der Waals surface area contributed by atoms with E-state index in [1.807, 2.05) is 0 Å². The lowest BCUT2D eigenvalue weighted by Gasteiger charge is -2.16. The minimum Gasteiger partial charge on any atom is -0.490 e. The molecule has 1 saturated carbocycles. The first kappa shape index (κ1) is 14.0. The maximum Gasteiger partial charge on any atom is 0.200 e. The molecule has 0 unspecified atom stereocenters. The Morgan fingerprint density at radius 3 is 2.74 bits per heavy atom. The number of rotatable bonds is 5. The number of oxime groups is 1. The van der Waals surface area contributed by atoms with Gasteiger partial charge in [-0.2, -0.15) is 4.39 Å². The molecule has 0 heterocycles. The lowest BCUT2D eigenvalue weighted by Crippen LogP contribution is -2.23. The van der Waals surface area contributed by atoms with Crippen LogP contribution in [-0.4, -0.2) is 17.6 Å². The Hall–Kier alpha value is -1.37. The molecule has 4 nitrogen and oxygen atoms in total. The Morgan fingerprint density at radius 2 is 2.16 bits per heavy atom. The highest BCUT2D eigenvalue weighted by Gasteiger charge is 2.44. The highest BCUT2D eigenvalue weighted by Crippen LogP contribution is 2.49. The number of amidine groups is 1. The third-order valence-corrected chi connectivity index (χ3v) is 3.59. The Morgan fingerprint density at radius 1 is 1.47 bits per heavy atom. The van der Waals surface area contributed by atoms with Crippen molar-refractivity contribution in [3.05, 3.63) is 28.2 Å². The summed E-state index contributed by atoms with van der Waals surface area (Å²) in [5.41, 5.74) is 5.21. The lowest BCUT2D eigenvalue weighted by atomic mass is 10.0. The molecule has 0 spiro atoms. The second-order valence-electron chi connectivity index (χ2n) is 4.76. The number of halogens is 3. The maximum atomic E-state index is 13.5. The van der Waals surface area contributed by atoms with Crippen molar-refractivity contribution in [1.29, 1.82) is 0 Å². The quantitative estimate of drug-likeness (QED) is 0.286. The summed E-state index contributed by atoms with van der Waals surface area (Å²) in [6.07, 6.45) is 2.07. The highest BCUT2D eigenvalue weighted by atomic mass is 79.9. The molecule has 1 aliphatic carbocycles. The predicted molar refractivity (Wildman–Crippen MR) is 69.2 cm³/mol. The molecule has 1 aromatic rings. The number of hydrogen-bond acceptors (Lipinski definition) is 3. The fourth-order valence-electron chi connectivity index (χ4n) is 1.84. The van der Waals surface area contributed by atoms with Gasteiger partial charge in [0, 0.05) is 16.3 Å². The van der Waals surface area contributed by atoms with Crippen molar-refractivity contribution in [3.8, 4) is 5.75 Å². The van der Waals surface area contributed by atoms with Crippen LogP contribution in [0.3, 0.4) is 0 Å². The van der Waals surface area contributed by atoms with E-state index < -0.39 is 11.6 Å². The number of nitrogens with zero attached hydrogens (tertiary/aromatic N) is 1. The molecule has 1 fully saturated rings. The topological polar surface area (TPSA) is 67.8 Å². The van der Waals surface area contributed by atoms with Crippen LogP contribution in [0.5, 0.6) is 5.75 Å². The normalized spacial score (nSPS) is 17.3. The molecule has 0 bridgehead atoms. The molecule has 104 valence electrons. The van der Waals surface area contributed by atoms with Gasteiger partial charge in [0.1, 0.15) is 5.84 Å². The second kappa shape index (κ2) is 5.32. The predicted octanol–water partition coefficient (Wildman–Crippen LogP) is 3.02. The Bertz CT molecular complexity index is 519. The maximum absolute atomic E-state index is 13.5. The zero-order valence-electron chi connectivity index (χ0n) is 10.00. The number of hydrogen-bond donors (Lipinski definition) is 2. The van der Waals surface area contributed by atoms with E-state index in [4.69, 9.17) is 15.7 Å². The summed E-state index contributed by atoms with van der Waals surface area (Å²) in [6, 6.07) is 2.41. The van der Waals surface area contributed by atoms with Gasteiger partial charge in [0.25, 0.3) is 0 Å². The van der Waals surface area contributed by atoms with Crippen LogP contribution in [0.4, 0.5) is 8.78 Å². The average Bonchev–Trinajstić information content (AvgIpc) is 3.12. The molecule has 0 aromatic heterocycles. The molecule has 0 saturated heterocycles. The third kappa shape index (κ3) is 3.34. The van der Waals surface area contributed by atoms with E-state index in [2.05, 4.69) is 21.1 Å². The van der Waals surface area contributed by atoms with Crippen LogP contribution in [0.1, 0.15) is 19.3 Å². The molecule has 19 heavy (non-hydrogen) atoms. The van der Waals surface area contributed by atoms with Crippen LogP contribution in [0.25, 0.3) is 0 Å². The summed E-state index contributed by atoms with van der Waals surface area (Å²) in [6.45, 7) is 0.204. The molecule has 1 aliphatic rings. The molecule has 2 rings (SSSR count). The van der Waals surface area contributed by atoms with Gasteiger partial charge in [-0.05, 0) is 25.0 Å². The largest absolute Gasteiger partial charge is 0.490 e. The molecule has 0 aliphatic heterocycles. The van der Waals surface area contributed by atoms with Crippen molar-refractivity contribution in [2.45, 2.75) is 19.3 Å². The van der Waals surface area contributed by atoms with Gasteiger partial charge < -0.3 is 15.7 Å². The molecular weight excluding hydrogens is 322 g/mol. The van der Waals surface area contributed by atoms with Gasteiger partial charge in [0.05, 0.1) is 6.61 Å². The van der Waals surface area contributed by atoms with Crippen LogP contribution in [0.2, 0.25) is 0 Å². The van der Waals surface area contributed by atoms with Gasteiger partial charge in [-0.1, -0.05) is 21.1 Å². The first-order valence-corrected chi connectivity index (χ1v) is 6.49. The lowest BCUT2D eigenvalue weighted by molar-refractivity contribution is 0.224. The summed E-state index contributed by atoms with van der Waals surface area (Å²) < 4.78 is 32.4. The molecule has 3 N–H and O–H groups in total. The average molecular weight is 335 g/mol. The Kier molecular flexibility index (Phi) is 3.93. The first-order valence-electron chi connectivity index (χ1n) is 5.69. The van der Waals surface area contributed by atoms with Crippen molar-refractivity contribution >= 4 is 21.8 Å². The van der Waals surface area contributed by atoms with Gasteiger partial charge in [-0.15, -0.1) is 0 Å². The van der Waals surface area contributed by atoms with Crippen LogP contribution in [-0.2, 0) is 0 Å². The van der Waals surface area contributed by atoms with Crippen LogP contribution in [0, 0.1) is 17.0 Å². The number of nitrogens with two attached hydrogens (primary N) is 1. The highest BCUT2D eigenvalue weighted by molar-refractivity contribution is 9.10. The smallest absolute Gasteiger partial charge is 0.200 e. The summed E-state index contributed by atoms with van der Waals surface area (Å²) in [4.78, 5) is 0. The fourth-order valence-corrected chi connectivity index (χ4v) is 2.25. The standard InChI is InChI=1S/C12H13BrF2N2O2/c13-7-3-8(14)11(15)9(4-7)19-6-12(1-2-12)5-10(16)17-18/h3-4,18H,1-2,5-6H2,(H2,16,17). The summed E-state index contributed by atoms with van der Waals surface area (Å²) in [7, 11) is 0. The zero-order chi connectivity index (χ0) is 14.0. The van der Waals surface area contributed by atoms with Gasteiger partial charge in [-0.3, -0.25) is 0 Å². The minimum atomic E-state index is -1.01. The van der Waals surface area contributed by atoms with Gasteiger partial charge in [-0.25, -0.2) is 4.39 Å². The summed E-state index contributed by atoms with van der Waals surface area (Å²) in [5, 5.41) is 11.4. The first-order chi connectivity index (χ1) is 8.96.